The van der Waals surface area contributed by atoms with Gasteiger partial charge in [0.05, 0.1) is 22.5 Å². The van der Waals surface area contributed by atoms with Crippen molar-refractivity contribution in [3.63, 3.8) is 0 Å². The van der Waals surface area contributed by atoms with Crippen molar-refractivity contribution in [1.29, 1.82) is 0 Å². The molecule has 0 saturated heterocycles. The van der Waals surface area contributed by atoms with Gasteiger partial charge in [-0.2, -0.15) is 5.10 Å². The Labute approximate surface area is 102 Å². The SMILES string of the molecule is CCC(C)n1ncc2c(Cl)c([N+](=O)[O-])cnc21. The third-order valence-corrected chi connectivity index (χ3v) is 3.14. The number of aromatic nitrogens is 3. The summed E-state index contributed by atoms with van der Waals surface area (Å²) in [5.74, 6) is 0. The van der Waals surface area contributed by atoms with Crippen molar-refractivity contribution in [2.45, 2.75) is 26.3 Å². The van der Waals surface area contributed by atoms with E-state index in [0.717, 1.165) is 6.42 Å². The van der Waals surface area contributed by atoms with Crippen LogP contribution in [0.4, 0.5) is 5.69 Å². The lowest BCUT2D eigenvalue weighted by molar-refractivity contribution is -0.384. The zero-order valence-electron chi connectivity index (χ0n) is 9.42. The van der Waals surface area contributed by atoms with E-state index in [4.69, 9.17) is 11.6 Å². The van der Waals surface area contributed by atoms with Crippen molar-refractivity contribution in [2.75, 3.05) is 0 Å². The first-order valence-electron chi connectivity index (χ1n) is 5.22. The Kier molecular flexibility index (Phi) is 2.97. The molecule has 0 fully saturated rings. The third-order valence-electron chi connectivity index (χ3n) is 2.74. The smallest absolute Gasteiger partial charge is 0.258 e. The molecule has 0 aromatic carbocycles. The quantitative estimate of drug-likeness (QED) is 0.623. The first-order valence-corrected chi connectivity index (χ1v) is 5.60. The molecule has 0 radical (unpaired) electrons. The van der Waals surface area contributed by atoms with Crippen LogP contribution >= 0.6 is 11.6 Å². The van der Waals surface area contributed by atoms with E-state index in [2.05, 4.69) is 10.1 Å². The number of rotatable bonds is 3. The number of pyridine rings is 1. The summed E-state index contributed by atoms with van der Waals surface area (Å²) in [6.07, 6.45) is 3.59. The number of halogens is 1. The van der Waals surface area contributed by atoms with Gasteiger partial charge in [-0.25, -0.2) is 9.67 Å². The van der Waals surface area contributed by atoms with Gasteiger partial charge >= 0.3 is 5.69 Å². The van der Waals surface area contributed by atoms with E-state index < -0.39 is 4.92 Å². The van der Waals surface area contributed by atoms with Crippen LogP contribution in [0.3, 0.4) is 0 Å². The molecule has 2 aromatic rings. The van der Waals surface area contributed by atoms with Gasteiger partial charge in [-0.05, 0) is 13.3 Å². The van der Waals surface area contributed by atoms with Gasteiger partial charge in [0, 0.05) is 0 Å². The molecule has 2 heterocycles. The van der Waals surface area contributed by atoms with E-state index in [1.165, 1.54) is 12.4 Å². The second kappa shape index (κ2) is 4.29. The molecule has 0 spiro atoms. The highest BCUT2D eigenvalue weighted by molar-refractivity contribution is 6.37. The van der Waals surface area contributed by atoms with Crippen LogP contribution in [-0.2, 0) is 0 Å². The Hall–Kier alpha value is -1.69. The summed E-state index contributed by atoms with van der Waals surface area (Å²) in [7, 11) is 0. The summed E-state index contributed by atoms with van der Waals surface area (Å²) in [6.45, 7) is 4.04. The maximum absolute atomic E-state index is 10.7. The van der Waals surface area contributed by atoms with Crippen molar-refractivity contribution in [3.05, 3.63) is 27.5 Å². The number of nitrogens with zero attached hydrogens (tertiary/aromatic N) is 4. The topological polar surface area (TPSA) is 73.8 Å². The summed E-state index contributed by atoms with van der Waals surface area (Å²) < 4.78 is 1.73. The molecule has 0 amide bonds. The van der Waals surface area contributed by atoms with Crippen LogP contribution in [-0.4, -0.2) is 19.7 Å². The molecule has 1 unspecified atom stereocenters. The lowest BCUT2D eigenvalue weighted by atomic mass is 10.2. The van der Waals surface area contributed by atoms with Crippen molar-refractivity contribution >= 4 is 28.3 Å². The monoisotopic (exact) mass is 254 g/mol. The van der Waals surface area contributed by atoms with E-state index in [1.807, 2.05) is 13.8 Å². The normalized spacial score (nSPS) is 12.9. The van der Waals surface area contributed by atoms with Gasteiger partial charge in [0.25, 0.3) is 0 Å². The fourth-order valence-electron chi connectivity index (χ4n) is 1.58. The van der Waals surface area contributed by atoms with E-state index >= 15 is 0 Å². The zero-order chi connectivity index (χ0) is 12.6. The fraction of sp³-hybridized carbons (Fsp3) is 0.400. The highest BCUT2D eigenvalue weighted by Crippen LogP contribution is 2.31. The van der Waals surface area contributed by atoms with Crippen molar-refractivity contribution in [2.24, 2.45) is 0 Å². The van der Waals surface area contributed by atoms with Gasteiger partial charge in [-0.3, -0.25) is 10.1 Å². The molecule has 6 nitrogen and oxygen atoms in total. The largest absolute Gasteiger partial charge is 0.306 e. The second-order valence-electron chi connectivity index (χ2n) is 3.80. The lowest BCUT2D eigenvalue weighted by Gasteiger charge is -2.09. The Morgan fingerprint density at radius 3 is 2.88 bits per heavy atom. The highest BCUT2D eigenvalue weighted by atomic mass is 35.5. The van der Waals surface area contributed by atoms with Gasteiger partial charge in [-0.1, -0.05) is 18.5 Å². The van der Waals surface area contributed by atoms with E-state index in [0.29, 0.717) is 11.0 Å². The lowest BCUT2D eigenvalue weighted by Crippen LogP contribution is -2.06. The number of nitro groups is 1. The summed E-state index contributed by atoms with van der Waals surface area (Å²) in [5.41, 5.74) is 0.387. The Morgan fingerprint density at radius 2 is 2.29 bits per heavy atom. The molecule has 0 aliphatic heterocycles. The van der Waals surface area contributed by atoms with Gasteiger partial charge in [0.1, 0.15) is 11.2 Å². The van der Waals surface area contributed by atoms with Gasteiger partial charge in [0.2, 0.25) is 0 Å². The molecule has 0 saturated carbocycles. The standard InChI is InChI=1S/C10H11ClN4O2/c1-3-6(2)14-10-7(4-13-14)9(11)8(5-12-10)15(16)17/h4-6H,3H2,1-2H3. The molecule has 1 atom stereocenters. The van der Waals surface area contributed by atoms with Crippen LogP contribution < -0.4 is 0 Å². The average Bonchev–Trinajstić information content (AvgIpc) is 2.72. The average molecular weight is 255 g/mol. The molecule has 2 aromatic heterocycles. The molecule has 7 heteroatoms. The van der Waals surface area contributed by atoms with E-state index in [9.17, 15) is 10.1 Å². The van der Waals surface area contributed by atoms with Crippen LogP contribution in [0, 0.1) is 10.1 Å². The molecule has 90 valence electrons. The zero-order valence-corrected chi connectivity index (χ0v) is 10.2. The molecular weight excluding hydrogens is 244 g/mol. The van der Waals surface area contributed by atoms with Crippen LogP contribution in [0.5, 0.6) is 0 Å². The van der Waals surface area contributed by atoms with Gasteiger partial charge < -0.3 is 0 Å². The number of hydrogen-bond acceptors (Lipinski definition) is 4. The third kappa shape index (κ3) is 1.84. The Morgan fingerprint density at radius 1 is 1.59 bits per heavy atom. The van der Waals surface area contributed by atoms with Crippen LogP contribution in [0.2, 0.25) is 5.02 Å². The van der Waals surface area contributed by atoms with Gasteiger partial charge in [0.15, 0.2) is 5.65 Å². The Bertz CT molecular complexity index is 581. The summed E-state index contributed by atoms with van der Waals surface area (Å²) in [6, 6.07) is 0.178. The minimum Gasteiger partial charge on any atom is -0.258 e. The predicted molar refractivity (Wildman–Crippen MR) is 64.2 cm³/mol. The second-order valence-corrected chi connectivity index (χ2v) is 4.18. The minimum atomic E-state index is -0.546. The summed E-state index contributed by atoms with van der Waals surface area (Å²) in [4.78, 5) is 14.2. The van der Waals surface area contributed by atoms with E-state index in [1.54, 1.807) is 4.68 Å². The van der Waals surface area contributed by atoms with Crippen LogP contribution in [0.15, 0.2) is 12.4 Å². The van der Waals surface area contributed by atoms with Crippen LogP contribution in [0.25, 0.3) is 11.0 Å². The fourth-order valence-corrected chi connectivity index (χ4v) is 1.83. The Balaban J connectivity index is 2.66. The molecular formula is C10H11ClN4O2. The van der Waals surface area contributed by atoms with Crippen molar-refractivity contribution in [3.8, 4) is 0 Å². The number of fused-ring (bicyclic) bond motifs is 1. The maximum atomic E-state index is 10.7. The van der Waals surface area contributed by atoms with E-state index in [-0.39, 0.29) is 16.8 Å². The molecule has 0 N–H and O–H groups in total. The summed E-state index contributed by atoms with van der Waals surface area (Å²) >= 11 is 5.96. The molecule has 0 aliphatic rings. The molecule has 0 aliphatic carbocycles. The van der Waals surface area contributed by atoms with Crippen LogP contribution in [0.1, 0.15) is 26.3 Å². The molecule has 0 bridgehead atoms. The highest BCUT2D eigenvalue weighted by Gasteiger charge is 2.20. The van der Waals surface area contributed by atoms with Crippen molar-refractivity contribution in [1.82, 2.24) is 14.8 Å². The minimum absolute atomic E-state index is 0.0922. The first-order chi connectivity index (χ1) is 8.06. The first kappa shape index (κ1) is 11.8. The predicted octanol–water partition coefficient (Wildman–Crippen LogP) is 2.96. The van der Waals surface area contributed by atoms with Crippen molar-refractivity contribution < 1.29 is 4.92 Å². The van der Waals surface area contributed by atoms with Gasteiger partial charge in [-0.15, -0.1) is 0 Å². The molecule has 17 heavy (non-hydrogen) atoms. The molecule has 2 rings (SSSR count). The summed E-state index contributed by atoms with van der Waals surface area (Å²) in [5, 5.41) is 15.5. The maximum Gasteiger partial charge on any atom is 0.306 e. The number of hydrogen-bond donors (Lipinski definition) is 0.